The fraction of sp³-hybridized carbons (Fsp3) is 0.364. The number of carbonyl (C=O) groups is 1. The van der Waals surface area contributed by atoms with Gasteiger partial charge in [-0.3, -0.25) is 4.68 Å². The molecule has 17 heavy (non-hydrogen) atoms. The molecule has 2 aromatic rings. The van der Waals surface area contributed by atoms with Crippen LogP contribution in [0, 0.1) is 0 Å². The summed E-state index contributed by atoms with van der Waals surface area (Å²) < 4.78 is 1.68. The maximum Gasteiger partial charge on any atom is 0.347 e. The molecule has 0 spiro atoms. The number of aromatic carboxylic acids is 1. The minimum absolute atomic E-state index is 0.339. The largest absolute Gasteiger partial charge is 0.477 e. The third-order valence-electron chi connectivity index (χ3n) is 2.33. The molecule has 0 fully saturated rings. The molecular formula is C11H13N3O2S. The van der Waals surface area contributed by atoms with Crippen molar-refractivity contribution in [1.82, 2.24) is 14.8 Å². The van der Waals surface area contributed by atoms with Crippen molar-refractivity contribution in [2.24, 2.45) is 7.05 Å². The number of rotatable bonds is 4. The lowest BCUT2D eigenvalue weighted by molar-refractivity contribution is 0.0700. The molecule has 5 nitrogen and oxygen atoms in total. The van der Waals surface area contributed by atoms with E-state index in [0.717, 1.165) is 17.0 Å². The number of carboxylic acids is 1. The molecule has 2 heterocycles. The van der Waals surface area contributed by atoms with Gasteiger partial charge >= 0.3 is 5.97 Å². The molecule has 0 atom stereocenters. The van der Waals surface area contributed by atoms with Crippen LogP contribution in [-0.2, 0) is 13.5 Å². The Balaban J connectivity index is 2.43. The Kier molecular flexibility index (Phi) is 3.23. The van der Waals surface area contributed by atoms with Crippen LogP contribution in [0.15, 0.2) is 12.4 Å². The second kappa shape index (κ2) is 4.67. The monoisotopic (exact) mass is 251 g/mol. The maximum absolute atomic E-state index is 11.1. The summed E-state index contributed by atoms with van der Waals surface area (Å²) in [5, 5.41) is 13.9. The molecule has 0 bridgehead atoms. The summed E-state index contributed by atoms with van der Waals surface area (Å²) in [5.41, 5.74) is 1.53. The van der Waals surface area contributed by atoms with E-state index in [2.05, 4.69) is 10.1 Å². The predicted molar refractivity (Wildman–Crippen MR) is 65.3 cm³/mol. The number of aryl methyl sites for hydroxylation is 2. The number of hydrogen-bond acceptors (Lipinski definition) is 4. The van der Waals surface area contributed by atoms with Gasteiger partial charge in [0.2, 0.25) is 0 Å². The molecular weight excluding hydrogens is 238 g/mol. The van der Waals surface area contributed by atoms with Crippen molar-refractivity contribution in [1.29, 1.82) is 0 Å². The first-order valence-electron chi connectivity index (χ1n) is 5.33. The highest BCUT2D eigenvalue weighted by atomic mass is 32.1. The second-order valence-corrected chi connectivity index (χ2v) is 4.75. The number of hydrogen-bond donors (Lipinski definition) is 1. The topological polar surface area (TPSA) is 68.0 Å². The minimum Gasteiger partial charge on any atom is -0.477 e. The smallest absolute Gasteiger partial charge is 0.347 e. The van der Waals surface area contributed by atoms with E-state index in [1.165, 1.54) is 11.3 Å². The molecule has 0 saturated carbocycles. The van der Waals surface area contributed by atoms with Gasteiger partial charge in [-0.15, -0.1) is 11.3 Å². The molecule has 90 valence electrons. The lowest BCUT2D eigenvalue weighted by Gasteiger charge is -1.93. The number of nitrogens with zero attached hydrogens (tertiary/aromatic N) is 3. The van der Waals surface area contributed by atoms with Crippen molar-refractivity contribution < 1.29 is 9.90 Å². The third-order valence-corrected chi connectivity index (χ3v) is 3.46. The van der Waals surface area contributed by atoms with E-state index in [-0.39, 0.29) is 0 Å². The van der Waals surface area contributed by atoms with Crippen molar-refractivity contribution in [3.05, 3.63) is 23.0 Å². The Morgan fingerprint density at radius 1 is 1.59 bits per heavy atom. The average molecular weight is 251 g/mol. The fourth-order valence-electron chi connectivity index (χ4n) is 1.58. The molecule has 6 heteroatoms. The van der Waals surface area contributed by atoms with Gasteiger partial charge in [0.25, 0.3) is 0 Å². The lowest BCUT2D eigenvalue weighted by Crippen LogP contribution is -1.98. The molecule has 0 saturated heterocycles. The van der Waals surface area contributed by atoms with Gasteiger partial charge in [0.15, 0.2) is 0 Å². The van der Waals surface area contributed by atoms with Gasteiger partial charge < -0.3 is 5.11 Å². The summed E-state index contributed by atoms with van der Waals surface area (Å²) >= 11 is 1.21. The van der Waals surface area contributed by atoms with Gasteiger partial charge in [0, 0.05) is 18.8 Å². The average Bonchev–Trinajstić information content (AvgIpc) is 2.85. The fourth-order valence-corrected chi connectivity index (χ4v) is 2.51. The molecule has 0 radical (unpaired) electrons. The molecule has 0 aromatic carbocycles. The van der Waals surface area contributed by atoms with Crippen LogP contribution < -0.4 is 0 Å². The van der Waals surface area contributed by atoms with E-state index in [9.17, 15) is 4.79 Å². The second-order valence-electron chi connectivity index (χ2n) is 3.75. The summed E-state index contributed by atoms with van der Waals surface area (Å²) in [5.74, 6) is -0.902. The van der Waals surface area contributed by atoms with Gasteiger partial charge in [-0.1, -0.05) is 13.3 Å². The van der Waals surface area contributed by atoms with Crippen LogP contribution in [0.4, 0.5) is 0 Å². The highest BCUT2D eigenvalue weighted by molar-refractivity contribution is 7.17. The summed E-state index contributed by atoms with van der Waals surface area (Å²) in [6.45, 7) is 2.01. The Morgan fingerprint density at radius 2 is 2.35 bits per heavy atom. The Morgan fingerprint density at radius 3 is 2.88 bits per heavy atom. The van der Waals surface area contributed by atoms with E-state index in [0.29, 0.717) is 17.0 Å². The zero-order valence-electron chi connectivity index (χ0n) is 9.67. The number of aromatic nitrogens is 3. The highest BCUT2D eigenvalue weighted by Crippen LogP contribution is 2.28. The van der Waals surface area contributed by atoms with Crippen molar-refractivity contribution in [2.75, 3.05) is 0 Å². The van der Waals surface area contributed by atoms with Crippen LogP contribution in [0.5, 0.6) is 0 Å². The number of carboxylic acid groups (broad SMARTS) is 1. The molecule has 2 rings (SSSR count). The van der Waals surface area contributed by atoms with E-state index in [1.54, 1.807) is 10.9 Å². The first-order valence-corrected chi connectivity index (χ1v) is 6.15. The summed E-state index contributed by atoms with van der Waals surface area (Å²) in [4.78, 5) is 15.8. The van der Waals surface area contributed by atoms with Crippen LogP contribution in [0.3, 0.4) is 0 Å². The van der Waals surface area contributed by atoms with Crippen molar-refractivity contribution >= 4 is 17.3 Å². The summed E-state index contributed by atoms with van der Waals surface area (Å²) in [7, 11) is 1.82. The van der Waals surface area contributed by atoms with Crippen LogP contribution >= 0.6 is 11.3 Å². The maximum atomic E-state index is 11.1. The molecule has 0 aliphatic heterocycles. The molecule has 2 aromatic heterocycles. The standard InChI is InChI=1S/C11H13N3O2S/c1-3-4-8-9(11(15)16)17-10(13-8)7-5-12-14(2)6-7/h5-6H,3-4H2,1-2H3,(H,15,16). The zero-order valence-corrected chi connectivity index (χ0v) is 10.5. The van der Waals surface area contributed by atoms with Gasteiger partial charge in [-0.2, -0.15) is 5.10 Å². The SMILES string of the molecule is CCCc1nc(-c2cnn(C)c2)sc1C(=O)O. The summed E-state index contributed by atoms with van der Waals surface area (Å²) in [6.07, 6.45) is 5.11. The van der Waals surface area contributed by atoms with E-state index < -0.39 is 5.97 Å². The highest BCUT2D eigenvalue weighted by Gasteiger charge is 2.17. The van der Waals surface area contributed by atoms with Gasteiger partial charge in [-0.05, 0) is 6.42 Å². The minimum atomic E-state index is -0.902. The molecule has 1 N–H and O–H groups in total. The Labute approximate surface area is 103 Å². The third kappa shape index (κ3) is 2.36. The van der Waals surface area contributed by atoms with Crippen molar-refractivity contribution in [3.63, 3.8) is 0 Å². The molecule has 0 aliphatic rings. The zero-order chi connectivity index (χ0) is 12.4. The van der Waals surface area contributed by atoms with Crippen LogP contribution in [0.2, 0.25) is 0 Å². The molecule has 0 amide bonds. The van der Waals surface area contributed by atoms with E-state index in [1.807, 2.05) is 20.2 Å². The first kappa shape index (κ1) is 11.8. The van der Waals surface area contributed by atoms with Gasteiger partial charge in [0.05, 0.1) is 11.9 Å². The van der Waals surface area contributed by atoms with Crippen LogP contribution in [-0.4, -0.2) is 25.8 Å². The first-order chi connectivity index (χ1) is 8.11. The van der Waals surface area contributed by atoms with Gasteiger partial charge in [-0.25, -0.2) is 9.78 Å². The van der Waals surface area contributed by atoms with E-state index >= 15 is 0 Å². The predicted octanol–water partition coefficient (Wildman–Crippen LogP) is 2.19. The van der Waals surface area contributed by atoms with Crippen molar-refractivity contribution in [2.45, 2.75) is 19.8 Å². The van der Waals surface area contributed by atoms with Crippen LogP contribution in [0.1, 0.15) is 28.7 Å². The lowest BCUT2D eigenvalue weighted by atomic mass is 10.2. The summed E-state index contributed by atoms with van der Waals surface area (Å²) in [6, 6.07) is 0. The van der Waals surface area contributed by atoms with Crippen molar-refractivity contribution in [3.8, 4) is 10.6 Å². The molecule has 0 unspecified atom stereocenters. The Hall–Kier alpha value is -1.69. The quantitative estimate of drug-likeness (QED) is 0.904. The van der Waals surface area contributed by atoms with E-state index in [4.69, 9.17) is 5.11 Å². The Bertz CT molecular complexity index is 545. The van der Waals surface area contributed by atoms with Crippen LogP contribution in [0.25, 0.3) is 10.6 Å². The molecule has 0 aliphatic carbocycles. The van der Waals surface area contributed by atoms with Gasteiger partial charge in [0.1, 0.15) is 9.88 Å². The normalized spacial score (nSPS) is 10.7. The number of thiazole rings is 1.